The summed E-state index contributed by atoms with van der Waals surface area (Å²) in [4.78, 5) is 17.7. The quantitative estimate of drug-likeness (QED) is 0.532. The highest BCUT2D eigenvalue weighted by molar-refractivity contribution is 6.04. The highest BCUT2D eigenvalue weighted by atomic mass is 16.5. The summed E-state index contributed by atoms with van der Waals surface area (Å²) in [7, 11) is 3.21. The first-order valence-electron chi connectivity index (χ1n) is 9.29. The zero-order valence-electron chi connectivity index (χ0n) is 16.5. The van der Waals surface area contributed by atoms with Gasteiger partial charge in [0.15, 0.2) is 11.3 Å². The molecular formula is C21H21N5O4. The topological polar surface area (TPSA) is 127 Å². The van der Waals surface area contributed by atoms with E-state index in [0.29, 0.717) is 41.0 Å². The fraction of sp³-hybridized carbons (Fsp3) is 0.286. The molecule has 2 unspecified atom stereocenters. The molecule has 0 spiro atoms. The van der Waals surface area contributed by atoms with Crippen molar-refractivity contribution in [1.82, 2.24) is 19.7 Å². The Kier molecular flexibility index (Phi) is 4.91. The van der Waals surface area contributed by atoms with Crippen LogP contribution in [0, 0.1) is 11.8 Å². The van der Waals surface area contributed by atoms with Crippen LogP contribution >= 0.6 is 0 Å². The molecule has 1 aliphatic rings. The zero-order valence-corrected chi connectivity index (χ0v) is 16.5. The molecule has 1 saturated heterocycles. The van der Waals surface area contributed by atoms with E-state index in [1.807, 2.05) is 0 Å². The van der Waals surface area contributed by atoms with Gasteiger partial charge in [-0.1, -0.05) is 17.9 Å². The number of ether oxygens (including phenoxy) is 1. The molecule has 1 amide bonds. The van der Waals surface area contributed by atoms with Gasteiger partial charge in [-0.3, -0.25) is 9.69 Å². The molecular weight excluding hydrogens is 386 g/mol. The van der Waals surface area contributed by atoms with Crippen LogP contribution < -0.4 is 10.5 Å². The van der Waals surface area contributed by atoms with Crippen molar-refractivity contribution < 1.29 is 19.7 Å². The second-order valence-corrected chi connectivity index (χ2v) is 7.20. The number of aliphatic hydroxyl groups is 2. The van der Waals surface area contributed by atoms with Crippen LogP contribution in [0.4, 0.5) is 0 Å². The van der Waals surface area contributed by atoms with Gasteiger partial charge in [-0.2, -0.15) is 5.10 Å². The standard InChI is InChI=1S/C21H21N5O4/c1-25-9-8-21(29,20(25)28)7-6-13-4-3-5-14(10-13)26-16-12-23-17(30-2)11-15(16)18(24-26)19(22)27/h3-5,10-12,20,28-29H,8-9H2,1-2H3,(H2,22,27). The Bertz CT molecular complexity index is 1200. The van der Waals surface area contributed by atoms with Crippen LogP contribution in [0.1, 0.15) is 22.5 Å². The van der Waals surface area contributed by atoms with Crippen LogP contribution in [-0.4, -0.2) is 68.3 Å². The van der Waals surface area contributed by atoms with Crippen molar-refractivity contribution in [2.24, 2.45) is 5.73 Å². The molecule has 4 rings (SSSR count). The molecule has 2 aromatic heterocycles. The third kappa shape index (κ3) is 3.37. The van der Waals surface area contributed by atoms with E-state index < -0.39 is 17.7 Å². The predicted molar refractivity (Wildman–Crippen MR) is 109 cm³/mol. The molecule has 0 saturated carbocycles. The molecule has 4 N–H and O–H groups in total. The average Bonchev–Trinajstić information content (AvgIpc) is 3.26. The number of carbonyl (C=O) groups is 1. The molecule has 3 heterocycles. The largest absolute Gasteiger partial charge is 0.481 e. The summed E-state index contributed by atoms with van der Waals surface area (Å²) in [5.41, 5.74) is 5.96. The molecule has 0 radical (unpaired) electrons. The number of likely N-dealkylation sites (tertiary alicyclic amines) is 1. The van der Waals surface area contributed by atoms with Gasteiger partial charge in [-0.25, -0.2) is 9.67 Å². The van der Waals surface area contributed by atoms with Crippen molar-refractivity contribution >= 4 is 16.8 Å². The van der Waals surface area contributed by atoms with Gasteiger partial charge in [0.25, 0.3) is 5.91 Å². The lowest BCUT2D eigenvalue weighted by Gasteiger charge is -2.22. The highest BCUT2D eigenvalue weighted by Gasteiger charge is 2.42. The molecule has 0 aliphatic carbocycles. The lowest BCUT2D eigenvalue weighted by molar-refractivity contribution is -0.0633. The third-order valence-corrected chi connectivity index (χ3v) is 5.19. The maximum atomic E-state index is 11.9. The second-order valence-electron chi connectivity index (χ2n) is 7.20. The first-order chi connectivity index (χ1) is 14.3. The lowest BCUT2D eigenvalue weighted by atomic mass is 10.0. The summed E-state index contributed by atoms with van der Waals surface area (Å²) in [6.07, 6.45) is 0.873. The SMILES string of the molecule is COc1cc2c(C(N)=O)nn(-c3cccc(C#CC4(O)CCN(C)C4O)c3)c2cn1. The minimum atomic E-state index is -1.48. The summed E-state index contributed by atoms with van der Waals surface area (Å²) in [5.74, 6) is 5.40. The van der Waals surface area contributed by atoms with Gasteiger partial charge in [0.2, 0.25) is 5.88 Å². The molecule has 1 aliphatic heterocycles. The molecule has 3 aromatic rings. The van der Waals surface area contributed by atoms with Gasteiger partial charge in [-0.15, -0.1) is 0 Å². The van der Waals surface area contributed by atoms with Crippen LogP contribution in [0.25, 0.3) is 16.6 Å². The monoisotopic (exact) mass is 407 g/mol. The van der Waals surface area contributed by atoms with Gasteiger partial charge in [0.05, 0.1) is 24.5 Å². The van der Waals surface area contributed by atoms with Gasteiger partial charge >= 0.3 is 0 Å². The van der Waals surface area contributed by atoms with E-state index in [2.05, 4.69) is 21.9 Å². The Labute approximate surface area is 172 Å². The summed E-state index contributed by atoms with van der Waals surface area (Å²) >= 11 is 0. The van der Waals surface area contributed by atoms with E-state index in [9.17, 15) is 15.0 Å². The van der Waals surface area contributed by atoms with Crippen LogP contribution in [-0.2, 0) is 0 Å². The number of aromatic nitrogens is 3. The van der Waals surface area contributed by atoms with Gasteiger partial charge in [-0.05, 0) is 25.2 Å². The van der Waals surface area contributed by atoms with E-state index in [1.54, 1.807) is 53.2 Å². The Morgan fingerprint density at radius 3 is 2.87 bits per heavy atom. The average molecular weight is 407 g/mol. The van der Waals surface area contributed by atoms with Crippen LogP contribution in [0.5, 0.6) is 5.88 Å². The Hall–Kier alpha value is -3.45. The summed E-state index contributed by atoms with van der Waals surface area (Å²) in [5, 5.41) is 25.6. The van der Waals surface area contributed by atoms with Crippen molar-refractivity contribution in [3.05, 3.63) is 47.8 Å². The number of primary amides is 1. The fourth-order valence-electron chi connectivity index (χ4n) is 3.47. The number of likely N-dealkylation sites (N-methyl/N-ethyl adjacent to an activating group) is 1. The Morgan fingerprint density at radius 1 is 1.40 bits per heavy atom. The van der Waals surface area contributed by atoms with Gasteiger partial charge in [0.1, 0.15) is 6.23 Å². The van der Waals surface area contributed by atoms with Crippen LogP contribution in [0.2, 0.25) is 0 Å². The van der Waals surface area contributed by atoms with E-state index in [4.69, 9.17) is 10.5 Å². The molecule has 0 bridgehead atoms. The number of pyridine rings is 1. The number of methoxy groups -OCH3 is 1. The first kappa shape index (κ1) is 19.8. The van der Waals surface area contributed by atoms with E-state index in [0.717, 1.165) is 0 Å². The van der Waals surface area contributed by atoms with Crippen molar-refractivity contribution in [2.75, 3.05) is 20.7 Å². The van der Waals surface area contributed by atoms with Crippen molar-refractivity contribution in [3.63, 3.8) is 0 Å². The van der Waals surface area contributed by atoms with E-state index >= 15 is 0 Å². The number of fused-ring (bicyclic) bond motifs is 1. The normalized spacial score (nSPS) is 21.4. The lowest BCUT2D eigenvalue weighted by Crippen LogP contribution is -2.42. The number of hydrogen-bond donors (Lipinski definition) is 3. The third-order valence-electron chi connectivity index (χ3n) is 5.19. The number of nitrogens with two attached hydrogens (primary N) is 1. The molecule has 1 aromatic carbocycles. The second kappa shape index (κ2) is 7.42. The van der Waals surface area contributed by atoms with E-state index in [-0.39, 0.29) is 5.69 Å². The molecule has 30 heavy (non-hydrogen) atoms. The molecule has 1 fully saturated rings. The number of amides is 1. The smallest absolute Gasteiger partial charge is 0.269 e. The van der Waals surface area contributed by atoms with Crippen molar-refractivity contribution in [2.45, 2.75) is 18.2 Å². The summed E-state index contributed by atoms with van der Waals surface area (Å²) < 4.78 is 6.69. The van der Waals surface area contributed by atoms with Crippen LogP contribution in [0.3, 0.4) is 0 Å². The minimum absolute atomic E-state index is 0.105. The molecule has 9 heteroatoms. The zero-order chi connectivity index (χ0) is 21.5. The number of benzene rings is 1. The van der Waals surface area contributed by atoms with Crippen molar-refractivity contribution in [3.8, 4) is 23.4 Å². The predicted octanol–water partition coefficient (Wildman–Crippen LogP) is 0.264. The molecule has 9 nitrogen and oxygen atoms in total. The van der Waals surface area contributed by atoms with Crippen LogP contribution in [0.15, 0.2) is 36.5 Å². The van der Waals surface area contributed by atoms with E-state index in [1.165, 1.54) is 7.11 Å². The van der Waals surface area contributed by atoms with Crippen molar-refractivity contribution in [1.29, 1.82) is 0 Å². The Balaban J connectivity index is 1.76. The number of hydrogen-bond acceptors (Lipinski definition) is 7. The summed E-state index contributed by atoms with van der Waals surface area (Å²) in [6.45, 7) is 0.554. The molecule has 2 atom stereocenters. The van der Waals surface area contributed by atoms with Gasteiger partial charge < -0.3 is 20.7 Å². The number of nitrogens with zero attached hydrogens (tertiary/aromatic N) is 4. The van der Waals surface area contributed by atoms with Gasteiger partial charge in [0, 0.05) is 30.0 Å². The number of rotatable bonds is 3. The minimum Gasteiger partial charge on any atom is -0.481 e. The maximum Gasteiger partial charge on any atom is 0.269 e. The maximum absolute atomic E-state index is 11.9. The summed E-state index contributed by atoms with van der Waals surface area (Å²) in [6, 6.07) is 8.75. The Morgan fingerprint density at radius 2 is 2.20 bits per heavy atom. The molecule has 154 valence electrons. The fourth-order valence-corrected chi connectivity index (χ4v) is 3.47. The number of aliphatic hydroxyl groups excluding tert-OH is 1. The number of carbonyl (C=O) groups excluding carboxylic acids is 1. The highest BCUT2D eigenvalue weighted by Crippen LogP contribution is 2.26. The first-order valence-corrected chi connectivity index (χ1v) is 9.29.